The van der Waals surface area contributed by atoms with E-state index in [2.05, 4.69) is 21.4 Å². The van der Waals surface area contributed by atoms with Crippen molar-refractivity contribution >= 4 is 34.3 Å². The molecule has 0 fully saturated rings. The molecular weight excluding hydrogens is 346 g/mol. The molecule has 0 aliphatic heterocycles. The van der Waals surface area contributed by atoms with Gasteiger partial charge >= 0.3 is 0 Å². The van der Waals surface area contributed by atoms with Gasteiger partial charge < -0.3 is 14.9 Å². The van der Waals surface area contributed by atoms with Crippen LogP contribution >= 0.6 is 12.2 Å². The first-order valence-electron chi connectivity index (χ1n) is 8.19. The van der Waals surface area contributed by atoms with Crippen molar-refractivity contribution in [2.75, 3.05) is 7.11 Å². The van der Waals surface area contributed by atoms with Gasteiger partial charge in [-0.3, -0.25) is 4.98 Å². The van der Waals surface area contributed by atoms with Gasteiger partial charge in [0, 0.05) is 17.1 Å². The fourth-order valence-electron chi connectivity index (χ4n) is 2.44. The summed E-state index contributed by atoms with van der Waals surface area (Å²) < 4.78 is 6.03. The number of hydrogen-bond acceptors (Lipinski definition) is 5. The number of thiocarbonyl (C=S) groups is 1. The summed E-state index contributed by atoms with van der Waals surface area (Å²) in [7, 11) is 1.50. The monoisotopic (exact) mass is 369 g/mol. The van der Waals surface area contributed by atoms with Gasteiger partial charge in [-0.1, -0.05) is 23.3 Å². The van der Waals surface area contributed by atoms with Crippen LogP contribution in [-0.2, 0) is 4.84 Å². The van der Waals surface area contributed by atoms with E-state index in [-0.39, 0.29) is 6.10 Å². The van der Waals surface area contributed by atoms with E-state index in [1.54, 1.807) is 12.4 Å². The average molecular weight is 369 g/mol. The van der Waals surface area contributed by atoms with Crippen molar-refractivity contribution in [3.8, 4) is 18.1 Å². The van der Waals surface area contributed by atoms with E-state index >= 15 is 0 Å². The number of benzene rings is 1. The normalized spacial score (nSPS) is 12.6. The minimum absolute atomic E-state index is 0.319. The first-order chi connectivity index (χ1) is 12.3. The lowest BCUT2D eigenvalue weighted by Crippen LogP contribution is -2.48. The molecule has 6 heteroatoms. The van der Waals surface area contributed by atoms with Crippen LogP contribution < -0.4 is 10.1 Å². The maximum Gasteiger partial charge on any atom is 0.146 e. The van der Waals surface area contributed by atoms with Gasteiger partial charge in [0.1, 0.15) is 24.0 Å². The van der Waals surface area contributed by atoms with E-state index in [0.29, 0.717) is 10.7 Å². The van der Waals surface area contributed by atoms with Gasteiger partial charge in [0.2, 0.25) is 0 Å². The van der Waals surface area contributed by atoms with Crippen molar-refractivity contribution in [2.45, 2.75) is 39.3 Å². The number of aromatic nitrogens is 1. The Morgan fingerprint density at radius 2 is 2.15 bits per heavy atom. The van der Waals surface area contributed by atoms with Gasteiger partial charge in [-0.05, 0) is 51.5 Å². The molecule has 0 spiro atoms. The summed E-state index contributed by atoms with van der Waals surface area (Å²) in [5.41, 5.74) is 2.20. The van der Waals surface area contributed by atoms with Crippen LogP contribution in [0, 0.1) is 19.3 Å². The molecule has 2 rings (SSSR count). The molecule has 0 aliphatic carbocycles. The second-order valence-electron chi connectivity index (χ2n) is 6.57. The average Bonchev–Trinajstić information content (AvgIpc) is 2.59. The summed E-state index contributed by atoms with van der Waals surface area (Å²) in [5, 5.41) is 7.95. The summed E-state index contributed by atoms with van der Waals surface area (Å²) in [5.74, 6) is 3.32. The third-order valence-electron chi connectivity index (χ3n) is 3.72. The Balaban J connectivity index is 2.18. The molecule has 5 nitrogen and oxygen atoms in total. The third-order valence-corrected chi connectivity index (χ3v) is 4.16. The molecule has 0 saturated heterocycles. The number of terminal acetylenes is 1. The van der Waals surface area contributed by atoms with Crippen LogP contribution in [-0.4, -0.2) is 34.9 Å². The summed E-state index contributed by atoms with van der Waals surface area (Å²) in [6, 6.07) is 5.79. The molecule has 1 atom stereocenters. The lowest BCUT2D eigenvalue weighted by molar-refractivity contribution is 0.212. The Labute approximate surface area is 159 Å². The Morgan fingerprint density at radius 3 is 2.81 bits per heavy atom. The Morgan fingerprint density at radius 1 is 1.42 bits per heavy atom. The highest BCUT2D eigenvalue weighted by Gasteiger charge is 2.20. The van der Waals surface area contributed by atoms with Crippen molar-refractivity contribution < 1.29 is 9.57 Å². The fourth-order valence-corrected chi connectivity index (χ4v) is 2.75. The number of rotatable bonds is 6. The Kier molecular flexibility index (Phi) is 6.17. The lowest BCUT2D eigenvalue weighted by Gasteiger charge is -2.26. The number of fused-ring (bicyclic) bond motifs is 1. The number of pyridine rings is 1. The highest BCUT2D eigenvalue weighted by atomic mass is 32.1. The standard InChI is InChI=1S/C20H23N3O2S/c1-7-15-9-16-10-17(8-13(2)18(16)21-11-15)25-14(3)19(26)23-20(4,5)12-22-24-6/h1,8-12,14H,2-6H3,(H,23,26). The molecule has 0 saturated carbocycles. The molecule has 2 aromatic rings. The van der Waals surface area contributed by atoms with Crippen molar-refractivity contribution in [3.05, 3.63) is 35.5 Å². The number of nitrogens with zero attached hydrogens (tertiary/aromatic N) is 2. The zero-order valence-corrected chi connectivity index (χ0v) is 16.5. The molecule has 1 heterocycles. The van der Waals surface area contributed by atoms with Gasteiger partial charge in [0.15, 0.2) is 0 Å². The van der Waals surface area contributed by atoms with Crippen LogP contribution in [0.25, 0.3) is 10.9 Å². The van der Waals surface area contributed by atoms with Gasteiger partial charge in [-0.25, -0.2) is 0 Å². The van der Waals surface area contributed by atoms with Crippen LogP contribution in [0.15, 0.2) is 29.6 Å². The van der Waals surface area contributed by atoms with Crippen molar-refractivity contribution in [1.82, 2.24) is 10.3 Å². The van der Waals surface area contributed by atoms with Crippen LogP contribution in [0.2, 0.25) is 0 Å². The quantitative estimate of drug-likeness (QED) is 0.365. The molecule has 0 bridgehead atoms. The molecule has 1 aromatic heterocycles. The molecule has 0 aliphatic rings. The van der Waals surface area contributed by atoms with Gasteiger partial charge in [0.25, 0.3) is 0 Å². The number of aryl methyl sites for hydroxylation is 1. The zero-order valence-electron chi connectivity index (χ0n) is 15.7. The van der Waals surface area contributed by atoms with Gasteiger partial charge in [-0.15, -0.1) is 6.42 Å². The topological polar surface area (TPSA) is 55.7 Å². The largest absolute Gasteiger partial charge is 0.484 e. The van der Waals surface area contributed by atoms with Crippen LogP contribution in [0.3, 0.4) is 0 Å². The summed E-state index contributed by atoms with van der Waals surface area (Å²) in [4.78, 5) is 9.72. The van der Waals surface area contributed by atoms with Gasteiger partial charge in [-0.2, -0.15) is 0 Å². The van der Waals surface area contributed by atoms with E-state index in [0.717, 1.165) is 22.0 Å². The Hall–Kier alpha value is -2.65. The fraction of sp³-hybridized carbons (Fsp3) is 0.350. The second kappa shape index (κ2) is 8.15. The molecule has 136 valence electrons. The van der Waals surface area contributed by atoms with Crippen molar-refractivity contribution in [3.63, 3.8) is 0 Å². The van der Waals surface area contributed by atoms with E-state index in [1.807, 2.05) is 45.9 Å². The SMILES string of the molecule is C#Cc1cnc2c(C)cc(OC(C)C(=S)NC(C)(C)C=NOC)cc2c1. The number of ether oxygens (including phenoxy) is 1. The smallest absolute Gasteiger partial charge is 0.146 e. The van der Waals surface area contributed by atoms with Crippen molar-refractivity contribution in [1.29, 1.82) is 0 Å². The van der Waals surface area contributed by atoms with E-state index in [4.69, 9.17) is 28.2 Å². The molecular formula is C20H23N3O2S. The highest BCUT2D eigenvalue weighted by molar-refractivity contribution is 7.80. The molecule has 1 unspecified atom stereocenters. The molecule has 26 heavy (non-hydrogen) atoms. The first kappa shape index (κ1) is 19.7. The Bertz CT molecular complexity index is 884. The molecule has 1 N–H and O–H groups in total. The van der Waals surface area contributed by atoms with Crippen LogP contribution in [0.5, 0.6) is 5.75 Å². The highest BCUT2D eigenvalue weighted by Crippen LogP contribution is 2.25. The number of hydrogen-bond donors (Lipinski definition) is 1. The third kappa shape index (κ3) is 4.93. The van der Waals surface area contributed by atoms with Crippen LogP contribution in [0.4, 0.5) is 0 Å². The lowest BCUT2D eigenvalue weighted by atomic mass is 10.1. The number of oxime groups is 1. The van der Waals surface area contributed by atoms with E-state index in [1.165, 1.54) is 7.11 Å². The summed E-state index contributed by atoms with van der Waals surface area (Å²) in [6.45, 7) is 7.78. The first-order valence-corrected chi connectivity index (χ1v) is 8.60. The minimum atomic E-state index is -0.449. The molecule has 0 amide bonds. The van der Waals surface area contributed by atoms with Gasteiger partial charge in [0.05, 0.1) is 17.3 Å². The summed E-state index contributed by atoms with van der Waals surface area (Å²) >= 11 is 5.47. The van der Waals surface area contributed by atoms with Crippen LogP contribution in [0.1, 0.15) is 31.9 Å². The molecule has 1 aromatic carbocycles. The van der Waals surface area contributed by atoms with E-state index < -0.39 is 5.54 Å². The predicted molar refractivity (Wildman–Crippen MR) is 110 cm³/mol. The zero-order chi connectivity index (χ0) is 19.3. The van der Waals surface area contributed by atoms with Crippen molar-refractivity contribution in [2.24, 2.45) is 5.16 Å². The molecule has 0 radical (unpaired) electrons. The minimum Gasteiger partial charge on any atom is -0.484 e. The van der Waals surface area contributed by atoms with E-state index in [9.17, 15) is 0 Å². The second-order valence-corrected chi connectivity index (χ2v) is 7.01. The maximum absolute atomic E-state index is 6.03. The maximum atomic E-state index is 6.03. The predicted octanol–water partition coefficient (Wildman–Crippen LogP) is 3.62. The summed E-state index contributed by atoms with van der Waals surface area (Å²) in [6.07, 6.45) is 8.49. The number of nitrogens with one attached hydrogen (secondary N) is 1.